The molecule has 0 fully saturated rings. The highest BCUT2D eigenvalue weighted by atomic mass is 79.9. The minimum atomic E-state index is -1.05. The van der Waals surface area contributed by atoms with Crippen molar-refractivity contribution >= 4 is 33.7 Å². The van der Waals surface area contributed by atoms with Crippen LogP contribution in [0.5, 0.6) is 0 Å². The highest BCUT2D eigenvalue weighted by molar-refractivity contribution is 9.10. The number of nitrogens with one attached hydrogen (secondary N) is 1. The summed E-state index contributed by atoms with van der Waals surface area (Å²) in [5.41, 5.74) is 5.48. The molecule has 0 heterocycles. The fourth-order valence-electron chi connectivity index (χ4n) is 1.42. The van der Waals surface area contributed by atoms with E-state index in [1.807, 2.05) is 0 Å². The van der Waals surface area contributed by atoms with Gasteiger partial charge in [-0.05, 0) is 24.6 Å². The lowest BCUT2D eigenvalue weighted by atomic mass is 10.1. The highest BCUT2D eigenvalue weighted by Gasteiger charge is 2.19. The number of carbonyl (C=O) groups is 3. The molecule has 4 N–H and O–H groups in total. The summed E-state index contributed by atoms with van der Waals surface area (Å²) in [6.07, 6.45) is -0.281. The molecule has 0 aliphatic carbocycles. The molecule has 7 heteroatoms. The quantitative estimate of drug-likeness (QED) is 0.720. The lowest BCUT2D eigenvalue weighted by molar-refractivity contribution is -0.137. The summed E-state index contributed by atoms with van der Waals surface area (Å²) in [4.78, 5) is 33.5. The molecule has 0 unspecified atom stereocenters. The molecular weight excluding hydrogens is 316 g/mol. The van der Waals surface area contributed by atoms with E-state index in [0.29, 0.717) is 5.56 Å². The van der Waals surface area contributed by atoms with Gasteiger partial charge in [0.05, 0.1) is 0 Å². The zero-order valence-electron chi connectivity index (χ0n) is 9.93. The monoisotopic (exact) mass is 328 g/mol. The van der Waals surface area contributed by atoms with Crippen LogP contribution in [0.2, 0.25) is 0 Å². The average Bonchev–Trinajstić information content (AvgIpc) is 2.33. The number of carbonyl (C=O) groups excluding carboxylic acids is 2. The first-order valence-electron chi connectivity index (χ1n) is 5.47. The molecule has 19 heavy (non-hydrogen) atoms. The first-order chi connectivity index (χ1) is 8.90. The van der Waals surface area contributed by atoms with Crippen LogP contribution in [0.1, 0.15) is 23.2 Å². The van der Waals surface area contributed by atoms with Gasteiger partial charge in [-0.25, -0.2) is 0 Å². The third-order valence-electron chi connectivity index (χ3n) is 2.38. The fraction of sp³-hybridized carbons (Fsp3) is 0.250. The van der Waals surface area contributed by atoms with Gasteiger partial charge in [0.2, 0.25) is 5.91 Å². The fourth-order valence-corrected chi connectivity index (χ4v) is 1.82. The van der Waals surface area contributed by atoms with Gasteiger partial charge in [-0.15, -0.1) is 0 Å². The van der Waals surface area contributed by atoms with E-state index in [4.69, 9.17) is 10.8 Å². The van der Waals surface area contributed by atoms with Crippen LogP contribution in [0.4, 0.5) is 0 Å². The van der Waals surface area contributed by atoms with Crippen molar-refractivity contribution in [3.63, 3.8) is 0 Å². The van der Waals surface area contributed by atoms with Crippen molar-refractivity contribution in [2.24, 2.45) is 5.73 Å². The molecule has 1 rings (SSSR count). The summed E-state index contributed by atoms with van der Waals surface area (Å²) in [5.74, 6) is -2.29. The molecule has 0 bridgehead atoms. The maximum Gasteiger partial charge on any atom is 0.303 e. The van der Waals surface area contributed by atoms with E-state index in [9.17, 15) is 14.4 Å². The Balaban J connectivity index is 2.71. The van der Waals surface area contributed by atoms with Crippen molar-refractivity contribution in [2.75, 3.05) is 0 Å². The predicted molar refractivity (Wildman–Crippen MR) is 71.5 cm³/mol. The minimum absolute atomic E-state index is 0.0373. The van der Waals surface area contributed by atoms with Crippen LogP contribution < -0.4 is 11.1 Å². The van der Waals surface area contributed by atoms with Gasteiger partial charge >= 0.3 is 5.97 Å². The molecule has 0 aliphatic rings. The van der Waals surface area contributed by atoms with E-state index < -0.39 is 23.8 Å². The molecule has 0 aliphatic heterocycles. The van der Waals surface area contributed by atoms with Crippen LogP contribution in [0.25, 0.3) is 0 Å². The second-order valence-electron chi connectivity index (χ2n) is 3.87. The smallest absolute Gasteiger partial charge is 0.303 e. The Kier molecular flexibility index (Phi) is 5.50. The summed E-state index contributed by atoms with van der Waals surface area (Å²) >= 11 is 3.23. The Morgan fingerprint density at radius 3 is 2.58 bits per heavy atom. The SMILES string of the molecule is NC(=O)[C@@H](CCC(=O)O)NC(=O)c1cccc(Br)c1. The van der Waals surface area contributed by atoms with Crippen molar-refractivity contribution in [1.82, 2.24) is 5.32 Å². The Morgan fingerprint density at radius 2 is 2.05 bits per heavy atom. The van der Waals surface area contributed by atoms with Crippen molar-refractivity contribution in [3.8, 4) is 0 Å². The number of aliphatic carboxylic acids is 1. The van der Waals surface area contributed by atoms with E-state index in [1.54, 1.807) is 24.3 Å². The Bertz CT molecular complexity index is 504. The van der Waals surface area contributed by atoms with Crippen LogP contribution in [0.3, 0.4) is 0 Å². The van der Waals surface area contributed by atoms with Gasteiger partial charge in [-0.1, -0.05) is 22.0 Å². The largest absolute Gasteiger partial charge is 0.481 e. The van der Waals surface area contributed by atoms with Crippen LogP contribution in [0, 0.1) is 0 Å². The zero-order valence-corrected chi connectivity index (χ0v) is 11.5. The summed E-state index contributed by atoms with van der Waals surface area (Å²) in [6.45, 7) is 0. The molecule has 102 valence electrons. The van der Waals surface area contributed by atoms with Crippen molar-refractivity contribution in [2.45, 2.75) is 18.9 Å². The molecule has 2 amide bonds. The number of carboxylic acid groups (broad SMARTS) is 1. The predicted octanol–water partition coefficient (Wildman–Crippen LogP) is 0.898. The van der Waals surface area contributed by atoms with Gasteiger partial charge in [0.25, 0.3) is 5.91 Å². The normalized spacial score (nSPS) is 11.6. The molecule has 0 saturated heterocycles. The van der Waals surface area contributed by atoms with Crippen LogP contribution >= 0.6 is 15.9 Å². The van der Waals surface area contributed by atoms with Gasteiger partial charge in [0.1, 0.15) is 6.04 Å². The van der Waals surface area contributed by atoms with Gasteiger partial charge < -0.3 is 16.2 Å². The lowest BCUT2D eigenvalue weighted by Gasteiger charge is -2.14. The summed E-state index contributed by atoms with van der Waals surface area (Å²) < 4.78 is 0.723. The summed E-state index contributed by atoms with van der Waals surface area (Å²) in [6, 6.07) is 5.60. The molecule has 0 spiro atoms. The number of hydrogen-bond donors (Lipinski definition) is 3. The number of hydrogen-bond acceptors (Lipinski definition) is 3. The Hall–Kier alpha value is -1.89. The highest BCUT2D eigenvalue weighted by Crippen LogP contribution is 2.12. The molecule has 6 nitrogen and oxygen atoms in total. The lowest BCUT2D eigenvalue weighted by Crippen LogP contribution is -2.44. The van der Waals surface area contributed by atoms with Crippen molar-refractivity contribution in [1.29, 1.82) is 0 Å². The van der Waals surface area contributed by atoms with E-state index in [0.717, 1.165) is 4.47 Å². The van der Waals surface area contributed by atoms with E-state index in [-0.39, 0.29) is 12.8 Å². The van der Waals surface area contributed by atoms with Crippen LogP contribution in [-0.2, 0) is 9.59 Å². The Labute approximate surface area is 118 Å². The molecule has 0 aromatic heterocycles. The van der Waals surface area contributed by atoms with Gasteiger partial charge in [0.15, 0.2) is 0 Å². The molecule has 0 saturated carbocycles. The first kappa shape index (κ1) is 15.2. The number of benzene rings is 1. The summed E-state index contributed by atoms with van der Waals surface area (Å²) in [5, 5.41) is 11.0. The molecule has 1 atom stereocenters. The van der Waals surface area contributed by atoms with E-state index in [1.165, 1.54) is 0 Å². The number of nitrogens with two attached hydrogens (primary N) is 1. The van der Waals surface area contributed by atoms with Gasteiger partial charge in [0, 0.05) is 16.5 Å². The van der Waals surface area contributed by atoms with E-state index >= 15 is 0 Å². The number of rotatable bonds is 6. The van der Waals surface area contributed by atoms with Crippen LogP contribution in [-0.4, -0.2) is 28.9 Å². The maximum absolute atomic E-state index is 11.9. The first-order valence-corrected chi connectivity index (χ1v) is 6.27. The van der Waals surface area contributed by atoms with E-state index in [2.05, 4.69) is 21.2 Å². The topological polar surface area (TPSA) is 109 Å². The number of carboxylic acids is 1. The second-order valence-corrected chi connectivity index (χ2v) is 4.79. The molecular formula is C12H13BrN2O4. The molecule has 1 aromatic rings. The van der Waals surface area contributed by atoms with Gasteiger partial charge in [-0.2, -0.15) is 0 Å². The molecule has 1 aromatic carbocycles. The second kappa shape index (κ2) is 6.89. The van der Waals surface area contributed by atoms with Gasteiger partial charge in [-0.3, -0.25) is 14.4 Å². The maximum atomic E-state index is 11.9. The average molecular weight is 329 g/mol. The Morgan fingerprint density at radius 1 is 1.37 bits per heavy atom. The van der Waals surface area contributed by atoms with Crippen molar-refractivity contribution < 1.29 is 19.5 Å². The summed E-state index contributed by atoms with van der Waals surface area (Å²) in [7, 11) is 0. The van der Waals surface area contributed by atoms with Crippen LogP contribution in [0.15, 0.2) is 28.7 Å². The third-order valence-corrected chi connectivity index (χ3v) is 2.88. The number of amides is 2. The number of halogens is 1. The standard InChI is InChI=1S/C12H13BrN2O4/c13-8-3-1-2-7(6-8)12(19)15-9(11(14)18)4-5-10(16)17/h1-3,6,9H,4-5H2,(H2,14,18)(H,15,19)(H,16,17)/t9-/m1/s1. The molecule has 0 radical (unpaired) electrons. The minimum Gasteiger partial charge on any atom is -0.481 e. The third kappa shape index (κ3) is 5.09. The number of primary amides is 1. The zero-order chi connectivity index (χ0) is 14.4. The van der Waals surface area contributed by atoms with Crippen molar-refractivity contribution in [3.05, 3.63) is 34.3 Å².